The van der Waals surface area contributed by atoms with Crippen LogP contribution in [-0.4, -0.2) is 0 Å². The van der Waals surface area contributed by atoms with E-state index < -0.39 is 0 Å². The molecule has 4 aromatic carbocycles. The minimum atomic E-state index is 1.17. The predicted molar refractivity (Wildman–Crippen MR) is 115 cm³/mol. The minimum Gasteiger partial charge on any atom is -0.0984 e. The van der Waals surface area contributed by atoms with Crippen LogP contribution in [0.5, 0.6) is 0 Å². The molecule has 0 fully saturated rings. The largest absolute Gasteiger partial charge is 0.0984 e. The van der Waals surface area contributed by atoms with Crippen LogP contribution in [-0.2, 0) is 0 Å². The van der Waals surface area contributed by atoms with Gasteiger partial charge in [0.25, 0.3) is 0 Å². The molecule has 0 aliphatic rings. The molecule has 4 rings (SSSR count). The quantitative estimate of drug-likeness (QED) is 0.330. The topological polar surface area (TPSA) is 0 Å². The number of fused-ring (bicyclic) bond motifs is 6. The smallest absolute Gasteiger partial charge is 0.00204 e. The van der Waals surface area contributed by atoms with E-state index in [1.165, 1.54) is 49.0 Å². The van der Waals surface area contributed by atoms with Gasteiger partial charge in [0.2, 0.25) is 0 Å². The van der Waals surface area contributed by atoms with E-state index >= 15 is 0 Å². The van der Waals surface area contributed by atoms with Crippen molar-refractivity contribution in [3.8, 4) is 0 Å². The van der Waals surface area contributed by atoms with E-state index in [1.54, 1.807) is 0 Å². The van der Waals surface area contributed by atoms with Gasteiger partial charge in [-0.1, -0.05) is 93.8 Å². The van der Waals surface area contributed by atoms with Crippen LogP contribution in [0.3, 0.4) is 0 Å². The highest BCUT2D eigenvalue weighted by molar-refractivity contribution is 6.27. The second-order valence-electron chi connectivity index (χ2n) is 5.94. The Hall–Kier alpha value is -2.86. The van der Waals surface area contributed by atoms with Gasteiger partial charge in [-0.2, -0.15) is 0 Å². The van der Waals surface area contributed by atoms with Crippen LogP contribution >= 0.6 is 0 Å². The van der Waals surface area contributed by atoms with Crippen molar-refractivity contribution in [2.24, 2.45) is 0 Å². The van der Waals surface area contributed by atoms with Gasteiger partial charge in [-0.05, 0) is 55.9 Å². The summed E-state index contributed by atoms with van der Waals surface area (Å²) in [6, 6.07) is 19.6. The Morgan fingerprint density at radius 2 is 1.08 bits per heavy atom. The maximum absolute atomic E-state index is 4.07. The van der Waals surface area contributed by atoms with Gasteiger partial charge in [0.1, 0.15) is 0 Å². The lowest BCUT2D eigenvalue weighted by Crippen LogP contribution is -1.92. The lowest BCUT2D eigenvalue weighted by atomic mass is 9.87. The third-order valence-electron chi connectivity index (χ3n) is 4.73. The molecule has 0 unspecified atom stereocenters. The Balaban J connectivity index is 0.000000880. The van der Waals surface area contributed by atoms with Crippen molar-refractivity contribution in [3.05, 3.63) is 84.4 Å². The molecule has 25 heavy (non-hydrogen) atoms. The molecule has 0 heteroatoms. The molecule has 0 aliphatic carbocycles. The molecule has 0 saturated heterocycles. The molecule has 0 bridgehead atoms. The third-order valence-corrected chi connectivity index (χ3v) is 4.73. The van der Waals surface area contributed by atoms with Gasteiger partial charge in [0.15, 0.2) is 0 Å². The molecule has 0 aromatic heterocycles. The number of hydrogen-bond acceptors (Lipinski definition) is 0. The summed E-state index contributed by atoms with van der Waals surface area (Å²) in [6.45, 7) is 14.2. The molecule has 124 valence electrons. The lowest BCUT2D eigenvalue weighted by Gasteiger charge is -2.16. The monoisotopic (exact) mass is 324 g/mol. The first-order valence-electron chi connectivity index (χ1n) is 8.88. The van der Waals surface area contributed by atoms with Crippen molar-refractivity contribution in [2.45, 2.75) is 20.8 Å². The van der Waals surface area contributed by atoms with Gasteiger partial charge in [-0.3, -0.25) is 0 Å². The number of benzene rings is 4. The zero-order valence-electron chi connectivity index (χ0n) is 15.3. The Morgan fingerprint density at radius 3 is 1.60 bits per heavy atom. The Labute approximate surface area is 150 Å². The Bertz CT molecular complexity index is 1100. The van der Waals surface area contributed by atoms with Crippen LogP contribution in [0.15, 0.2) is 67.8 Å². The summed E-state index contributed by atoms with van der Waals surface area (Å²) in [6.07, 6.45) is 3.91. The van der Waals surface area contributed by atoms with Crippen LogP contribution in [0.2, 0.25) is 0 Å². The van der Waals surface area contributed by atoms with Gasteiger partial charge >= 0.3 is 0 Å². The molecule has 4 aromatic rings. The molecule has 0 aliphatic heterocycles. The zero-order chi connectivity index (χ0) is 18.0. The number of hydrogen-bond donors (Lipinski definition) is 0. The summed E-state index contributed by atoms with van der Waals surface area (Å²) in [4.78, 5) is 0. The third kappa shape index (κ3) is 2.55. The predicted octanol–water partition coefficient (Wildman–Crippen LogP) is 7.77. The van der Waals surface area contributed by atoms with Crippen molar-refractivity contribution in [2.75, 3.05) is 0 Å². The minimum absolute atomic E-state index is 1.17. The standard InChI is InChI=1S/C23H18.C2H6/c1-4-16-15(3)14-22-20-12-7-6-10-18(20)19-11-8-9-13-21(19)23(22)17(16)5-2;1-2/h4-14H,1-2H2,3H3;1-2H3. The van der Waals surface area contributed by atoms with Crippen LogP contribution in [0.25, 0.3) is 44.5 Å². The Morgan fingerprint density at radius 1 is 0.640 bits per heavy atom. The molecule has 0 N–H and O–H groups in total. The molecule has 0 nitrogen and oxygen atoms in total. The fraction of sp³-hybridized carbons (Fsp3) is 0.120. The molecular weight excluding hydrogens is 300 g/mol. The van der Waals surface area contributed by atoms with E-state index in [-0.39, 0.29) is 0 Å². The van der Waals surface area contributed by atoms with Gasteiger partial charge in [-0.15, -0.1) is 0 Å². The molecule has 0 atom stereocenters. The van der Waals surface area contributed by atoms with Crippen molar-refractivity contribution in [1.82, 2.24) is 0 Å². The molecule has 0 saturated carbocycles. The number of rotatable bonds is 2. The summed E-state index contributed by atoms with van der Waals surface area (Å²) in [5.74, 6) is 0. The van der Waals surface area contributed by atoms with Crippen LogP contribution in [0, 0.1) is 6.92 Å². The van der Waals surface area contributed by atoms with Gasteiger partial charge in [-0.25, -0.2) is 0 Å². The maximum Gasteiger partial charge on any atom is -0.00204 e. The van der Waals surface area contributed by atoms with E-state index in [2.05, 4.69) is 74.7 Å². The summed E-state index contributed by atoms with van der Waals surface area (Å²) < 4.78 is 0. The first kappa shape index (κ1) is 17.0. The van der Waals surface area contributed by atoms with Crippen molar-refractivity contribution < 1.29 is 0 Å². The van der Waals surface area contributed by atoms with E-state index in [9.17, 15) is 0 Å². The first-order valence-corrected chi connectivity index (χ1v) is 8.88. The highest BCUT2D eigenvalue weighted by Gasteiger charge is 2.13. The van der Waals surface area contributed by atoms with Crippen molar-refractivity contribution in [1.29, 1.82) is 0 Å². The van der Waals surface area contributed by atoms with E-state index in [4.69, 9.17) is 0 Å². The van der Waals surface area contributed by atoms with E-state index in [0.717, 1.165) is 0 Å². The first-order chi connectivity index (χ1) is 12.3. The average molecular weight is 324 g/mol. The highest BCUT2D eigenvalue weighted by Crippen LogP contribution is 2.39. The zero-order valence-corrected chi connectivity index (χ0v) is 15.3. The fourth-order valence-corrected chi connectivity index (χ4v) is 3.73. The van der Waals surface area contributed by atoms with E-state index in [0.29, 0.717) is 0 Å². The second kappa shape index (κ2) is 6.94. The average Bonchev–Trinajstić information content (AvgIpc) is 2.68. The van der Waals surface area contributed by atoms with Gasteiger partial charge in [0, 0.05) is 0 Å². The van der Waals surface area contributed by atoms with Gasteiger partial charge in [0.05, 0.1) is 0 Å². The summed E-state index contributed by atoms with van der Waals surface area (Å²) in [5, 5.41) is 7.73. The van der Waals surface area contributed by atoms with Crippen molar-refractivity contribution >= 4 is 44.5 Å². The molecule has 0 heterocycles. The van der Waals surface area contributed by atoms with Gasteiger partial charge < -0.3 is 0 Å². The Kier molecular flexibility index (Phi) is 4.72. The van der Waals surface area contributed by atoms with Crippen LogP contribution in [0.1, 0.15) is 30.5 Å². The summed E-state index contributed by atoms with van der Waals surface area (Å²) in [5.41, 5.74) is 3.59. The van der Waals surface area contributed by atoms with Crippen LogP contribution < -0.4 is 0 Å². The molecule has 0 amide bonds. The second-order valence-corrected chi connectivity index (χ2v) is 5.94. The SMILES string of the molecule is C=Cc1c(C)cc2c3ccccc3c3ccccc3c2c1C=C.CC. The normalized spacial score (nSPS) is 10.5. The highest BCUT2D eigenvalue weighted by atomic mass is 14.2. The maximum atomic E-state index is 4.07. The summed E-state index contributed by atoms with van der Waals surface area (Å²) >= 11 is 0. The van der Waals surface area contributed by atoms with Crippen LogP contribution in [0.4, 0.5) is 0 Å². The molecular formula is C25H24. The number of aryl methyl sites for hydroxylation is 1. The molecule has 0 spiro atoms. The molecule has 0 radical (unpaired) electrons. The van der Waals surface area contributed by atoms with E-state index in [1.807, 2.05) is 26.0 Å². The lowest BCUT2D eigenvalue weighted by molar-refractivity contribution is 1.47. The fourth-order valence-electron chi connectivity index (χ4n) is 3.73. The van der Waals surface area contributed by atoms with Crippen molar-refractivity contribution in [3.63, 3.8) is 0 Å². The summed E-state index contributed by atoms with van der Waals surface area (Å²) in [7, 11) is 0.